The van der Waals surface area contributed by atoms with E-state index < -0.39 is 0 Å². The Balaban J connectivity index is 1.47. The first-order chi connectivity index (χ1) is 16.6. The third-order valence-electron chi connectivity index (χ3n) is 5.97. The van der Waals surface area contributed by atoms with Crippen molar-refractivity contribution in [3.8, 4) is 0 Å². The molecule has 1 amide bonds. The minimum absolute atomic E-state index is 0.0792. The summed E-state index contributed by atoms with van der Waals surface area (Å²) in [4.78, 5) is 24.7. The maximum Gasteiger partial charge on any atom is 0.260 e. The predicted molar refractivity (Wildman–Crippen MR) is 140 cm³/mol. The molecule has 168 valence electrons. The lowest BCUT2D eigenvalue weighted by Gasteiger charge is -2.20. The van der Waals surface area contributed by atoms with Gasteiger partial charge in [-0.1, -0.05) is 59.9 Å². The van der Waals surface area contributed by atoms with Gasteiger partial charge in [-0.3, -0.25) is 14.7 Å². The van der Waals surface area contributed by atoms with Crippen molar-refractivity contribution in [2.45, 2.75) is 26.8 Å². The van der Waals surface area contributed by atoms with Crippen LogP contribution in [0.3, 0.4) is 0 Å². The van der Waals surface area contributed by atoms with Gasteiger partial charge in [0.05, 0.1) is 22.5 Å². The third kappa shape index (κ3) is 4.75. The molecule has 0 aliphatic heterocycles. The zero-order chi connectivity index (χ0) is 23.5. The number of hydrogen-bond acceptors (Lipinski definition) is 4. The van der Waals surface area contributed by atoms with Gasteiger partial charge in [0, 0.05) is 11.8 Å². The number of fused-ring (bicyclic) bond motifs is 1. The second-order valence-corrected chi connectivity index (χ2v) is 9.48. The van der Waals surface area contributed by atoms with Crippen molar-refractivity contribution in [3.05, 3.63) is 125 Å². The molecule has 0 saturated heterocycles. The van der Waals surface area contributed by atoms with Gasteiger partial charge in [0.2, 0.25) is 0 Å². The Bertz CT molecular complexity index is 1390. The minimum atomic E-state index is -0.0792. The molecule has 0 aliphatic rings. The molecule has 0 bridgehead atoms. The predicted octanol–water partition coefficient (Wildman–Crippen LogP) is 6.75. The first kappa shape index (κ1) is 22.0. The number of benzene rings is 3. The molecule has 0 fully saturated rings. The fraction of sp³-hybridized carbons (Fsp3) is 0.138. The lowest BCUT2D eigenvalue weighted by Crippen LogP contribution is -2.30. The summed E-state index contributed by atoms with van der Waals surface area (Å²) < 4.78 is 1.08. The topological polar surface area (TPSA) is 46.1 Å². The molecule has 0 aliphatic carbocycles. The molecule has 5 rings (SSSR count). The van der Waals surface area contributed by atoms with Crippen LogP contribution in [0.25, 0.3) is 10.2 Å². The molecule has 5 aromatic rings. The normalized spacial score (nSPS) is 11.0. The number of nitrogens with zero attached hydrogens (tertiary/aromatic N) is 3. The zero-order valence-electron chi connectivity index (χ0n) is 19.2. The first-order valence-electron chi connectivity index (χ1n) is 11.3. The molecule has 0 atom stereocenters. The van der Waals surface area contributed by atoms with Crippen LogP contribution in [0.5, 0.6) is 0 Å². The fourth-order valence-electron chi connectivity index (χ4n) is 3.92. The lowest BCUT2D eigenvalue weighted by molar-refractivity contribution is 0.0985. The van der Waals surface area contributed by atoms with E-state index in [4.69, 9.17) is 4.98 Å². The summed E-state index contributed by atoms with van der Waals surface area (Å²) in [6, 6.07) is 28.2. The van der Waals surface area contributed by atoms with Gasteiger partial charge in [0.15, 0.2) is 5.13 Å². The Morgan fingerprint density at radius 3 is 2.29 bits per heavy atom. The van der Waals surface area contributed by atoms with Crippen LogP contribution in [-0.2, 0) is 13.0 Å². The van der Waals surface area contributed by atoms with Gasteiger partial charge < -0.3 is 0 Å². The molecule has 34 heavy (non-hydrogen) atoms. The maximum atomic E-state index is 13.7. The summed E-state index contributed by atoms with van der Waals surface area (Å²) >= 11 is 1.54. The molecule has 3 aromatic carbocycles. The van der Waals surface area contributed by atoms with E-state index in [0.29, 0.717) is 17.2 Å². The molecular formula is C29H25N3OS. The standard InChI is InChI=1S/C29H25N3OS/c1-20-16-26-27(17-21(20)2)34-29(31-26)32(19-25-10-6-7-15-30-25)28(33)24-13-11-23(12-14-24)18-22-8-4-3-5-9-22/h3-17H,18-19H2,1-2H3. The summed E-state index contributed by atoms with van der Waals surface area (Å²) in [5, 5.41) is 0.684. The SMILES string of the molecule is Cc1cc2nc(N(Cc3ccccn3)C(=O)c3ccc(Cc4ccccc4)cc3)sc2cc1C. The van der Waals surface area contributed by atoms with Gasteiger partial charge >= 0.3 is 0 Å². The second-order valence-electron chi connectivity index (χ2n) is 8.47. The zero-order valence-corrected chi connectivity index (χ0v) is 20.0. The lowest BCUT2D eigenvalue weighted by atomic mass is 10.0. The number of hydrogen-bond donors (Lipinski definition) is 0. The van der Waals surface area contributed by atoms with Gasteiger partial charge in [-0.05, 0) is 78.9 Å². The van der Waals surface area contributed by atoms with Gasteiger partial charge in [-0.25, -0.2) is 4.98 Å². The highest BCUT2D eigenvalue weighted by molar-refractivity contribution is 7.22. The van der Waals surface area contributed by atoms with E-state index in [0.717, 1.165) is 22.3 Å². The molecule has 4 nitrogen and oxygen atoms in total. The number of anilines is 1. The van der Waals surface area contributed by atoms with E-state index >= 15 is 0 Å². The highest BCUT2D eigenvalue weighted by atomic mass is 32.1. The van der Waals surface area contributed by atoms with Crippen LogP contribution in [-0.4, -0.2) is 15.9 Å². The number of amides is 1. The van der Waals surface area contributed by atoms with Gasteiger partial charge in [-0.2, -0.15) is 0 Å². The van der Waals surface area contributed by atoms with Crippen LogP contribution in [0, 0.1) is 13.8 Å². The van der Waals surface area contributed by atoms with E-state index in [1.165, 1.54) is 22.3 Å². The molecule has 0 N–H and O–H groups in total. The number of rotatable bonds is 6. The number of thiazole rings is 1. The van der Waals surface area contributed by atoms with E-state index in [1.54, 1.807) is 22.4 Å². The van der Waals surface area contributed by atoms with Crippen LogP contribution in [0.15, 0.2) is 91.1 Å². The summed E-state index contributed by atoms with van der Waals surface area (Å²) in [6.07, 6.45) is 2.59. The van der Waals surface area contributed by atoms with Crippen LogP contribution in [0.1, 0.15) is 38.3 Å². The average Bonchev–Trinajstić information content (AvgIpc) is 3.26. The summed E-state index contributed by atoms with van der Waals surface area (Å²) in [6.45, 7) is 4.55. The average molecular weight is 464 g/mol. The van der Waals surface area contributed by atoms with Crippen molar-refractivity contribution < 1.29 is 4.79 Å². The van der Waals surface area contributed by atoms with Crippen LogP contribution in [0.4, 0.5) is 5.13 Å². The monoisotopic (exact) mass is 463 g/mol. The number of carbonyl (C=O) groups excluding carboxylic acids is 1. The Morgan fingerprint density at radius 1 is 0.853 bits per heavy atom. The summed E-state index contributed by atoms with van der Waals surface area (Å²) in [5.74, 6) is -0.0792. The van der Waals surface area contributed by atoms with Gasteiger partial charge in [0.1, 0.15) is 0 Å². The molecule has 0 radical (unpaired) electrons. The van der Waals surface area contributed by atoms with E-state index in [1.807, 2.05) is 60.7 Å². The van der Waals surface area contributed by atoms with Crippen molar-refractivity contribution in [2.75, 3.05) is 4.90 Å². The molecule has 0 saturated carbocycles. The third-order valence-corrected chi connectivity index (χ3v) is 7.01. The number of carbonyl (C=O) groups is 1. The highest BCUT2D eigenvalue weighted by Gasteiger charge is 2.22. The van der Waals surface area contributed by atoms with Crippen molar-refractivity contribution in [2.24, 2.45) is 0 Å². The molecule has 0 unspecified atom stereocenters. The van der Waals surface area contributed by atoms with E-state index in [2.05, 4.69) is 43.1 Å². The van der Waals surface area contributed by atoms with E-state index in [9.17, 15) is 4.79 Å². The summed E-state index contributed by atoms with van der Waals surface area (Å²) in [7, 11) is 0. The Hall–Kier alpha value is -3.83. The van der Waals surface area contributed by atoms with Crippen LogP contribution in [0.2, 0.25) is 0 Å². The van der Waals surface area contributed by atoms with Crippen LogP contribution < -0.4 is 4.90 Å². The second kappa shape index (κ2) is 9.57. The quantitative estimate of drug-likeness (QED) is 0.280. The largest absolute Gasteiger partial charge is 0.278 e. The smallest absolute Gasteiger partial charge is 0.260 e. The number of aromatic nitrogens is 2. The van der Waals surface area contributed by atoms with E-state index in [-0.39, 0.29) is 5.91 Å². The first-order valence-corrected chi connectivity index (χ1v) is 12.1. The van der Waals surface area contributed by atoms with Crippen LogP contribution >= 0.6 is 11.3 Å². The van der Waals surface area contributed by atoms with Gasteiger partial charge in [0.25, 0.3) is 5.91 Å². The highest BCUT2D eigenvalue weighted by Crippen LogP contribution is 2.32. The number of pyridine rings is 1. The Morgan fingerprint density at radius 2 is 1.56 bits per heavy atom. The summed E-state index contributed by atoms with van der Waals surface area (Å²) in [5.41, 5.74) is 7.21. The van der Waals surface area contributed by atoms with Crippen molar-refractivity contribution in [3.63, 3.8) is 0 Å². The minimum Gasteiger partial charge on any atom is -0.278 e. The van der Waals surface area contributed by atoms with Crippen molar-refractivity contribution in [1.29, 1.82) is 0 Å². The van der Waals surface area contributed by atoms with Crippen molar-refractivity contribution >= 4 is 32.6 Å². The molecule has 0 spiro atoms. The Kier molecular flexibility index (Phi) is 6.19. The number of aryl methyl sites for hydroxylation is 2. The van der Waals surface area contributed by atoms with Gasteiger partial charge in [-0.15, -0.1) is 0 Å². The van der Waals surface area contributed by atoms with Crippen molar-refractivity contribution in [1.82, 2.24) is 9.97 Å². The molecule has 5 heteroatoms. The molecule has 2 heterocycles. The maximum absolute atomic E-state index is 13.7. The fourth-order valence-corrected chi connectivity index (χ4v) is 4.96. The Labute approximate surface area is 203 Å². The molecular weight excluding hydrogens is 438 g/mol. The molecule has 2 aromatic heterocycles.